The van der Waals surface area contributed by atoms with Crippen LogP contribution in [0.2, 0.25) is 0 Å². The van der Waals surface area contributed by atoms with Gasteiger partial charge in [-0.25, -0.2) is 4.98 Å². The van der Waals surface area contributed by atoms with Gasteiger partial charge < -0.3 is 10.4 Å². The van der Waals surface area contributed by atoms with Gasteiger partial charge in [0.05, 0.1) is 18.1 Å². The van der Waals surface area contributed by atoms with Crippen molar-refractivity contribution < 1.29 is 5.11 Å². The van der Waals surface area contributed by atoms with Gasteiger partial charge in [-0.15, -0.1) is 0 Å². The largest absolute Gasteiger partial charge is 0.396 e. The second-order valence-electron chi connectivity index (χ2n) is 4.56. The molecular weight excluding hydrogens is 228 g/mol. The van der Waals surface area contributed by atoms with Crippen LogP contribution < -0.4 is 5.32 Å². The Morgan fingerprint density at radius 1 is 1.33 bits per heavy atom. The summed E-state index contributed by atoms with van der Waals surface area (Å²) in [6.45, 7) is 9.07. The van der Waals surface area contributed by atoms with Gasteiger partial charge in [-0.3, -0.25) is 9.88 Å². The molecule has 0 saturated heterocycles. The van der Waals surface area contributed by atoms with E-state index >= 15 is 0 Å². The van der Waals surface area contributed by atoms with Gasteiger partial charge in [0, 0.05) is 32.3 Å². The molecule has 1 aromatic rings. The van der Waals surface area contributed by atoms with Crippen LogP contribution in [0.25, 0.3) is 0 Å². The van der Waals surface area contributed by atoms with Crippen molar-refractivity contribution >= 4 is 5.82 Å². The molecule has 1 aromatic heterocycles. The maximum absolute atomic E-state index is 8.90. The van der Waals surface area contributed by atoms with E-state index in [1.807, 2.05) is 13.1 Å². The highest BCUT2D eigenvalue weighted by molar-refractivity contribution is 5.30. The van der Waals surface area contributed by atoms with E-state index < -0.39 is 0 Å². The third kappa shape index (κ3) is 4.98. The van der Waals surface area contributed by atoms with Crippen molar-refractivity contribution in [1.82, 2.24) is 14.9 Å². The number of hydrogen-bond acceptors (Lipinski definition) is 5. The molecule has 0 aromatic carbocycles. The average molecular weight is 252 g/mol. The average Bonchev–Trinajstić information content (AvgIpc) is 2.36. The highest BCUT2D eigenvalue weighted by Gasteiger charge is 2.10. The Balaban J connectivity index is 2.57. The SMILES string of the molecule is CCNc1cnc(CN(CCCO)C(C)C)cn1. The molecule has 102 valence electrons. The summed E-state index contributed by atoms with van der Waals surface area (Å²) in [4.78, 5) is 11.0. The fraction of sp³-hybridized carbons (Fsp3) is 0.692. The summed E-state index contributed by atoms with van der Waals surface area (Å²) in [7, 11) is 0. The van der Waals surface area contributed by atoms with E-state index in [2.05, 4.69) is 34.0 Å². The van der Waals surface area contributed by atoms with Crippen LogP contribution in [0.5, 0.6) is 0 Å². The van der Waals surface area contributed by atoms with Crippen molar-refractivity contribution in [3.63, 3.8) is 0 Å². The minimum absolute atomic E-state index is 0.230. The molecule has 5 nitrogen and oxygen atoms in total. The molecular formula is C13H24N4O. The van der Waals surface area contributed by atoms with Crippen LogP contribution in [0.4, 0.5) is 5.82 Å². The predicted octanol–water partition coefficient (Wildman–Crippen LogP) is 1.50. The Morgan fingerprint density at radius 2 is 2.11 bits per heavy atom. The fourth-order valence-corrected chi connectivity index (χ4v) is 1.71. The molecule has 0 aliphatic carbocycles. The number of rotatable bonds is 8. The Morgan fingerprint density at radius 3 is 2.61 bits per heavy atom. The minimum atomic E-state index is 0.230. The zero-order valence-corrected chi connectivity index (χ0v) is 11.6. The van der Waals surface area contributed by atoms with Crippen LogP contribution in [0.1, 0.15) is 32.9 Å². The standard InChI is InChI=1S/C13H24N4O/c1-4-14-13-9-15-12(8-16-13)10-17(11(2)3)6-5-7-18/h8-9,11,18H,4-7,10H2,1-3H3,(H,14,16). The number of nitrogens with one attached hydrogen (secondary N) is 1. The monoisotopic (exact) mass is 252 g/mol. The first kappa shape index (κ1) is 14.9. The molecule has 0 aliphatic heterocycles. The summed E-state index contributed by atoms with van der Waals surface area (Å²) in [5.74, 6) is 0.813. The number of hydrogen-bond donors (Lipinski definition) is 2. The fourth-order valence-electron chi connectivity index (χ4n) is 1.71. The molecule has 0 aliphatic rings. The van der Waals surface area contributed by atoms with E-state index in [9.17, 15) is 0 Å². The minimum Gasteiger partial charge on any atom is -0.396 e. The number of aromatic nitrogens is 2. The highest BCUT2D eigenvalue weighted by Crippen LogP contribution is 2.07. The Kier molecular flexibility index (Phi) is 6.60. The summed E-state index contributed by atoms with van der Waals surface area (Å²) in [5.41, 5.74) is 0.961. The van der Waals surface area contributed by atoms with Crippen molar-refractivity contribution in [2.75, 3.05) is 25.0 Å². The molecule has 0 amide bonds. The molecule has 2 N–H and O–H groups in total. The zero-order valence-electron chi connectivity index (χ0n) is 11.6. The summed E-state index contributed by atoms with van der Waals surface area (Å²) in [6.07, 6.45) is 4.37. The molecule has 0 bridgehead atoms. The zero-order chi connectivity index (χ0) is 13.4. The quantitative estimate of drug-likeness (QED) is 0.734. The van der Waals surface area contributed by atoms with Crippen LogP contribution in [0.15, 0.2) is 12.4 Å². The van der Waals surface area contributed by atoms with Crippen molar-refractivity contribution in [3.8, 4) is 0 Å². The van der Waals surface area contributed by atoms with Crippen LogP contribution in [0.3, 0.4) is 0 Å². The molecule has 1 heterocycles. The number of aliphatic hydroxyl groups is 1. The van der Waals surface area contributed by atoms with Crippen molar-refractivity contribution in [2.24, 2.45) is 0 Å². The van der Waals surface area contributed by atoms with Gasteiger partial charge >= 0.3 is 0 Å². The molecule has 0 fully saturated rings. The van der Waals surface area contributed by atoms with E-state index in [-0.39, 0.29) is 6.61 Å². The lowest BCUT2D eigenvalue weighted by Crippen LogP contribution is -2.32. The topological polar surface area (TPSA) is 61.3 Å². The summed E-state index contributed by atoms with van der Waals surface area (Å²) < 4.78 is 0. The van der Waals surface area contributed by atoms with E-state index in [0.29, 0.717) is 6.04 Å². The van der Waals surface area contributed by atoms with Gasteiger partial charge in [0.2, 0.25) is 0 Å². The lowest BCUT2D eigenvalue weighted by molar-refractivity contribution is 0.183. The van der Waals surface area contributed by atoms with Crippen molar-refractivity contribution in [2.45, 2.75) is 39.8 Å². The van der Waals surface area contributed by atoms with E-state index in [1.54, 1.807) is 6.20 Å². The van der Waals surface area contributed by atoms with Crippen molar-refractivity contribution in [1.29, 1.82) is 0 Å². The molecule has 0 saturated carbocycles. The van der Waals surface area contributed by atoms with E-state index in [0.717, 1.165) is 37.6 Å². The smallest absolute Gasteiger partial charge is 0.144 e. The summed E-state index contributed by atoms with van der Waals surface area (Å²) in [6, 6.07) is 0.437. The van der Waals surface area contributed by atoms with Crippen LogP contribution in [0, 0.1) is 0 Å². The van der Waals surface area contributed by atoms with Gasteiger partial charge in [-0.05, 0) is 27.2 Å². The van der Waals surface area contributed by atoms with E-state index in [4.69, 9.17) is 5.11 Å². The lowest BCUT2D eigenvalue weighted by Gasteiger charge is -2.25. The van der Waals surface area contributed by atoms with Crippen LogP contribution >= 0.6 is 0 Å². The van der Waals surface area contributed by atoms with Gasteiger partial charge in [0.25, 0.3) is 0 Å². The van der Waals surface area contributed by atoms with Gasteiger partial charge in [0.15, 0.2) is 0 Å². The third-order valence-corrected chi connectivity index (χ3v) is 2.76. The van der Waals surface area contributed by atoms with Gasteiger partial charge in [0.1, 0.15) is 5.82 Å². The molecule has 5 heteroatoms. The first-order valence-corrected chi connectivity index (χ1v) is 6.57. The normalized spacial score (nSPS) is 11.2. The molecule has 18 heavy (non-hydrogen) atoms. The van der Waals surface area contributed by atoms with Crippen molar-refractivity contribution in [3.05, 3.63) is 18.1 Å². The maximum atomic E-state index is 8.90. The van der Waals surface area contributed by atoms with Gasteiger partial charge in [-0.1, -0.05) is 0 Å². The highest BCUT2D eigenvalue weighted by atomic mass is 16.3. The Labute approximate surface area is 109 Å². The maximum Gasteiger partial charge on any atom is 0.144 e. The summed E-state index contributed by atoms with van der Waals surface area (Å²) in [5, 5.41) is 12.0. The second-order valence-corrected chi connectivity index (χ2v) is 4.56. The Hall–Kier alpha value is -1.20. The first-order chi connectivity index (χ1) is 8.67. The molecule has 0 radical (unpaired) electrons. The molecule has 1 rings (SSSR count). The van der Waals surface area contributed by atoms with Crippen LogP contribution in [-0.4, -0.2) is 45.7 Å². The number of aliphatic hydroxyl groups excluding tert-OH is 1. The second kappa shape index (κ2) is 8.00. The molecule has 0 atom stereocenters. The Bertz CT molecular complexity index is 326. The number of nitrogens with zero attached hydrogens (tertiary/aromatic N) is 3. The first-order valence-electron chi connectivity index (χ1n) is 6.57. The lowest BCUT2D eigenvalue weighted by atomic mass is 10.2. The number of anilines is 1. The predicted molar refractivity (Wildman–Crippen MR) is 73.4 cm³/mol. The molecule has 0 unspecified atom stereocenters. The third-order valence-electron chi connectivity index (χ3n) is 2.76. The van der Waals surface area contributed by atoms with E-state index in [1.165, 1.54) is 0 Å². The van der Waals surface area contributed by atoms with Gasteiger partial charge in [-0.2, -0.15) is 0 Å². The molecule has 0 spiro atoms. The summed E-state index contributed by atoms with van der Waals surface area (Å²) >= 11 is 0. The van der Waals surface area contributed by atoms with Crippen LogP contribution in [-0.2, 0) is 6.54 Å².